The molecule has 0 bridgehead atoms. The molecule has 1 aromatic heterocycles. The van der Waals surface area contributed by atoms with E-state index in [1.807, 2.05) is 42.1 Å². The molecule has 5 nitrogen and oxygen atoms in total. The number of nitrogens with one attached hydrogen (secondary N) is 1. The van der Waals surface area contributed by atoms with Crippen LogP contribution in [0.2, 0.25) is 5.02 Å². The van der Waals surface area contributed by atoms with Gasteiger partial charge in [0.2, 0.25) is 5.91 Å². The summed E-state index contributed by atoms with van der Waals surface area (Å²) in [7, 11) is 1.99. The summed E-state index contributed by atoms with van der Waals surface area (Å²) >= 11 is 6.01. The van der Waals surface area contributed by atoms with Crippen LogP contribution < -0.4 is 5.32 Å². The fourth-order valence-electron chi connectivity index (χ4n) is 4.44. The fourth-order valence-corrected chi connectivity index (χ4v) is 4.65. The molecule has 4 rings (SSSR count). The molecule has 1 amide bonds. The lowest BCUT2D eigenvalue weighted by Crippen LogP contribution is -2.33. The lowest BCUT2D eigenvalue weighted by atomic mass is 9.91. The molecule has 0 spiro atoms. The van der Waals surface area contributed by atoms with Crippen molar-refractivity contribution in [2.45, 2.75) is 38.8 Å². The molecule has 1 N–H and O–H groups in total. The molecule has 168 valence electrons. The molecular formula is C26H31ClN4O. The number of hydrogen-bond donors (Lipinski definition) is 1. The normalized spacial score (nSPS) is 15.1. The number of rotatable bonds is 8. The molecule has 32 heavy (non-hydrogen) atoms. The average molecular weight is 451 g/mol. The Morgan fingerprint density at radius 3 is 2.66 bits per heavy atom. The zero-order chi connectivity index (χ0) is 22.3. The van der Waals surface area contributed by atoms with E-state index in [0.717, 1.165) is 50.2 Å². The van der Waals surface area contributed by atoms with Crippen LogP contribution in [0.15, 0.2) is 60.8 Å². The predicted molar refractivity (Wildman–Crippen MR) is 129 cm³/mol. The Labute approximate surface area is 195 Å². The number of carbonyl (C=O) groups excluding carboxylic acids is 1. The number of piperidine rings is 1. The third-order valence-electron chi connectivity index (χ3n) is 6.21. The van der Waals surface area contributed by atoms with Gasteiger partial charge in [-0.15, -0.1) is 0 Å². The van der Waals surface area contributed by atoms with Crippen LogP contribution in [0.5, 0.6) is 0 Å². The summed E-state index contributed by atoms with van der Waals surface area (Å²) in [5, 5.41) is 8.41. The van der Waals surface area contributed by atoms with E-state index >= 15 is 0 Å². The van der Waals surface area contributed by atoms with Crippen LogP contribution in [0, 0.1) is 5.92 Å². The highest BCUT2D eigenvalue weighted by Gasteiger charge is 2.21. The Bertz CT molecular complexity index is 1030. The molecule has 2 aromatic carbocycles. The third kappa shape index (κ3) is 6.21. The van der Waals surface area contributed by atoms with Crippen molar-refractivity contribution in [2.75, 3.05) is 13.1 Å². The van der Waals surface area contributed by atoms with Gasteiger partial charge in [-0.3, -0.25) is 14.4 Å². The van der Waals surface area contributed by atoms with Gasteiger partial charge in [-0.05, 0) is 56.0 Å². The summed E-state index contributed by atoms with van der Waals surface area (Å²) in [6, 6.07) is 18.0. The smallest absolute Gasteiger partial charge is 0.220 e. The summed E-state index contributed by atoms with van der Waals surface area (Å²) in [6.45, 7) is 3.59. The average Bonchev–Trinajstić information content (AvgIpc) is 3.18. The van der Waals surface area contributed by atoms with E-state index in [-0.39, 0.29) is 5.91 Å². The minimum atomic E-state index is 0.121. The number of nitrogens with zero attached hydrogens (tertiary/aromatic N) is 3. The van der Waals surface area contributed by atoms with E-state index in [1.54, 1.807) is 0 Å². The largest absolute Gasteiger partial charge is 0.352 e. The van der Waals surface area contributed by atoms with E-state index in [9.17, 15) is 4.79 Å². The number of aromatic nitrogens is 2. The van der Waals surface area contributed by atoms with E-state index in [1.165, 1.54) is 11.1 Å². The molecule has 2 heterocycles. The van der Waals surface area contributed by atoms with Gasteiger partial charge in [0.15, 0.2) is 0 Å². The zero-order valence-electron chi connectivity index (χ0n) is 18.6. The molecule has 1 fully saturated rings. The van der Waals surface area contributed by atoms with E-state index in [0.29, 0.717) is 23.9 Å². The quantitative estimate of drug-likeness (QED) is 0.522. The van der Waals surface area contributed by atoms with E-state index < -0.39 is 0 Å². The first-order chi connectivity index (χ1) is 15.6. The van der Waals surface area contributed by atoms with Crippen molar-refractivity contribution in [1.82, 2.24) is 20.0 Å². The topological polar surface area (TPSA) is 50.2 Å². The third-order valence-corrected chi connectivity index (χ3v) is 6.45. The second-order valence-corrected chi connectivity index (χ2v) is 9.14. The highest BCUT2D eigenvalue weighted by Crippen LogP contribution is 2.26. The number of likely N-dealkylation sites (tertiary alicyclic amines) is 1. The van der Waals surface area contributed by atoms with Gasteiger partial charge >= 0.3 is 0 Å². The summed E-state index contributed by atoms with van der Waals surface area (Å²) < 4.78 is 1.91. The van der Waals surface area contributed by atoms with E-state index in [2.05, 4.69) is 40.7 Å². The molecule has 0 atom stereocenters. The van der Waals surface area contributed by atoms with Crippen molar-refractivity contribution in [3.8, 4) is 11.3 Å². The summed E-state index contributed by atoms with van der Waals surface area (Å²) in [5.41, 5.74) is 4.55. The Balaban J connectivity index is 1.21. The summed E-state index contributed by atoms with van der Waals surface area (Å²) in [4.78, 5) is 14.8. The maximum absolute atomic E-state index is 12.3. The molecule has 0 aliphatic carbocycles. The lowest BCUT2D eigenvalue weighted by Gasteiger charge is -2.31. The Morgan fingerprint density at radius 2 is 1.91 bits per heavy atom. The van der Waals surface area contributed by atoms with Crippen LogP contribution in [-0.2, 0) is 24.9 Å². The van der Waals surface area contributed by atoms with Gasteiger partial charge in [-0.1, -0.05) is 54.1 Å². The number of amides is 1. The monoisotopic (exact) mass is 450 g/mol. The number of hydrogen-bond acceptors (Lipinski definition) is 3. The number of carbonyl (C=O) groups is 1. The van der Waals surface area contributed by atoms with Crippen molar-refractivity contribution in [1.29, 1.82) is 0 Å². The van der Waals surface area contributed by atoms with Crippen LogP contribution >= 0.6 is 11.6 Å². The predicted octanol–water partition coefficient (Wildman–Crippen LogP) is 5.05. The van der Waals surface area contributed by atoms with Crippen molar-refractivity contribution in [3.63, 3.8) is 0 Å². The molecule has 0 radical (unpaired) electrons. The summed E-state index contributed by atoms with van der Waals surface area (Å²) in [5.74, 6) is 0.737. The molecular weight excluding hydrogens is 420 g/mol. The van der Waals surface area contributed by atoms with Crippen LogP contribution in [0.3, 0.4) is 0 Å². The molecule has 1 aliphatic rings. The van der Waals surface area contributed by atoms with Gasteiger partial charge in [0.05, 0.1) is 5.69 Å². The Morgan fingerprint density at radius 1 is 1.12 bits per heavy atom. The van der Waals surface area contributed by atoms with Crippen LogP contribution in [0.4, 0.5) is 0 Å². The molecule has 1 aliphatic heterocycles. The van der Waals surface area contributed by atoms with Gasteiger partial charge in [-0.2, -0.15) is 5.10 Å². The van der Waals surface area contributed by atoms with E-state index in [4.69, 9.17) is 16.7 Å². The van der Waals surface area contributed by atoms with Crippen molar-refractivity contribution in [3.05, 3.63) is 76.9 Å². The highest BCUT2D eigenvalue weighted by molar-refractivity contribution is 6.30. The van der Waals surface area contributed by atoms with Gasteiger partial charge in [0.1, 0.15) is 0 Å². The highest BCUT2D eigenvalue weighted by atomic mass is 35.5. The number of aryl methyl sites for hydroxylation is 1. The molecule has 1 saturated heterocycles. The minimum Gasteiger partial charge on any atom is -0.352 e. The van der Waals surface area contributed by atoms with Gasteiger partial charge in [0, 0.05) is 48.9 Å². The first-order valence-corrected chi connectivity index (χ1v) is 11.8. The minimum absolute atomic E-state index is 0.121. The number of halogens is 1. The summed E-state index contributed by atoms with van der Waals surface area (Å²) in [6.07, 6.45) is 5.97. The van der Waals surface area contributed by atoms with Crippen LogP contribution in [0.1, 0.15) is 36.8 Å². The van der Waals surface area contributed by atoms with Crippen molar-refractivity contribution in [2.24, 2.45) is 13.0 Å². The van der Waals surface area contributed by atoms with Crippen molar-refractivity contribution >= 4 is 17.5 Å². The lowest BCUT2D eigenvalue weighted by molar-refractivity contribution is -0.121. The standard InChI is InChI=1S/C26H31ClN4O/c1-30-18-23(26(29-30)22-7-3-2-4-8-22)19-31-14-12-20(13-15-31)10-11-25(32)28-17-21-6-5-9-24(27)16-21/h2-9,16,18,20H,10-15,17,19H2,1H3,(H,28,32). The molecule has 3 aromatic rings. The maximum Gasteiger partial charge on any atom is 0.220 e. The second-order valence-electron chi connectivity index (χ2n) is 8.71. The van der Waals surface area contributed by atoms with Gasteiger partial charge < -0.3 is 5.32 Å². The van der Waals surface area contributed by atoms with Gasteiger partial charge in [0.25, 0.3) is 0 Å². The fraction of sp³-hybridized carbons (Fsp3) is 0.385. The van der Waals surface area contributed by atoms with Crippen LogP contribution in [-0.4, -0.2) is 33.7 Å². The SMILES string of the molecule is Cn1cc(CN2CCC(CCC(=O)NCc3cccc(Cl)c3)CC2)c(-c2ccccc2)n1. The zero-order valence-corrected chi connectivity index (χ0v) is 19.4. The number of benzene rings is 2. The van der Waals surface area contributed by atoms with Crippen molar-refractivity contribution < 1.29 is 4.79 Å². The molecule has 0 unspecified atom stereocenters. The molecule has 6 heteroatoms. The maximum atomic E-state index is 12.3. The first-order valence-electron chi connectivity index (χ1n) is 11.4. The Kier molecular flexibility index (Phi) is 7.61. The second kappa shape index (κ2) is 10.8. The van der Waals surface area contributed by atoms with Gasteiger partial charge in [-0.25, -0.2) is 0 Å². The molecule has 0 saturated carbocycles. The van der Waals surface area contributed by atoms with Crippen LogP contribution in [0.25, 0.3) is 11.3 Å². The first kappa shape index (κ1) is 22.6. The Hall–Kier alpha value is -2.63.